The maximum atomic E-state index is 12.2. The number of carboxylic acids is 1. The smallest absolute Gasteiger partial charge is 0.326 e. The molecule has 4 rings (SSSR count). The van der Waals surface area contributed by atoms with Crippen molar-refractivity contribution >= 4 is 39.6 Å². The maximum Gasteiger partial charge on any atom is 0.326 e. The van der Waals surface area contributed by atoms with Gasteiger partial charge in [0, 0.05) is 48.7 Å². The summed E-state index contributed by atoms with van der Waals surface area (Å²) in [5.41, 5.74) is 1.62. The van der Waals surface area contributed by atoms with Gasteiger partial charge in [0.15, 0.2) is 0 Å². The van der Waals surface area contributed by atoms with E-state index in [0.717, 1.165) is 34.1 Å². The van der Waals surface area contributed by atoms with Gasteiger partial charge in [-0.25, -0.2) is 9.78 Å². The molecule has 2 aromatic heterocycles. The van der Waals surface area contributed by atoms with E-state index in [2.05, 4.69) is 22.5 Å². The molecule has 0 fully saturated rings. The zero-order chi connectivity index (χ0) is 25.8. The quantitative estimate of drug-likeness (QED) is 0.273. The topological polar surface area (TPSA) is 125 Å². The van der Waals surface area contributed by atoms with Gasteiger partial charge in [0.05, 0.1) is 0 Å². The van der Waals surface area contributed by atoms with E-state index in [-0.39, 0.29) is 17.8 Å². The van der Waals surface area contributed by atoms with Gasteiger partial charge in [0.25, 0.3) is 10.9 Å². The van der Waals surface area contributed by atoms with Crippen LogP contribution in [-0.4, -0.2) is 40.2 Å². The lowest BCUT2D eigenvalue weighted by Gasteiger charge is -2.26. The van der Waals surface area contributed by atoms with E-state index in [1.54, 1.807) is 17.3 Å². The Kier molecular flexibility index (Phi) is 7.28. The van der Waals surface area contributed by atoms with Gasteiger partial charge in [0.1, 0.15) is 23.2 Å². The fraction of sp³-hybridized carbons (Fsp3) is 0.296. The summed E-state index contributed by atoms with van der Waals surface area (Å²) in [6.07, 6.45) is 4.47. The van der Waals surface area contributed by atoms with Crippen LogP contribution < -0.4 is 26.4 Å². The van der Waals surface area contributed by atoms with E-state index >= 15 is 0 Å². The second kappa shape index (κ2) is 10.6. The van der Waals surface area contributed by atoms with Crippen molar-refractivity contribution in [3.8, 4) is 0 Å². The first-order chi connectivity index (χ1) is 17.4. The van der Waals surface area contributed by atoms with Crippen LogP contribution in [0.3, 0.4) is 0 Å². The van der Waals surface area contributed by atoms with Crippen molar-refractivity contribution in [2.75, 3.05) is 28.6 Å². The van der Waals surface area contributed by atoms with E-state index < -0.39 is 22.9 Å². The minimum absolute atomic E-state index is 0.0803. The Morgan fingerprint density at radius 2 is 1.78 bits per heavy atom. The molecule has 3 N–H and O–H groups in total. The predicted octanol–water partition coefficient (Wildman–Crippen LogP) is 3.49. The second-order valence-electron chi connectivity index (χ2n) is 8.53. The molecule has 1 atom stereocenters. The van der Waals surface area contributed by atoms with Gasteiger partial charge in [-0.3, -0.25) is 14.6 Å². The van der Waals surface area contributed by atoms with Crippen molar-refractivity contribution in [1.29, 1.82) is 0 Å². The first-order valence-corrected chi connectivity index (χ1v) is 12.0. The predicted molar refractivity (Wildman–Crippen MR) is 142 cm³/mol. The summed E-state index contributed by atoms with van der Waals surface area (Å²) < 4.78 is 0. The van der Waals surface area contributed by atoms with Crippen molar-refractivity contribution in [3.05, 3.63) is 80.5 Å². The van der Waals surface area contributed by atoms with E-state index in [4.69, 9.17) is 4.98 Å². The number of carbonyl (C=O) groups is 1. The molecule has 2 heterocycles. The molecule has 0 aliphatic rings. The number of aromatic nitrogens is 2. The van der Waals surface area contributed by atoms with Crippen LogP contribution in [0.5, 0.6) is 0 Å². The third kappa shape index (κ3) is 4.91. The van der Waals surface area contributed by atoms with Gasteiger partial charge in [-0.15, -0.1) is 0 Å². The maximum absolute atomic E-state index is 12.2. The van der Waals surface area contributed by atoms with Crippen molar-refractivity contribution in [3.63, 3.8) is 0 Å². The lowest BCUT2D eigenvalue weighted by atomic mass is 10.0. The van der Waals surface area contributed by atoms with Crippen LogP contribution in [-0.2, 0) is 17.6 Å². The molecule has 0 saturated carbocycles. The highest BCUT2D eigenvalue weighted by Crippen LogP contribution is 2.26. The van der Waals surface area contributed by atoms with Crippen LogP contribution in [0, 0.1) is 0 Å². The van der Waals surface area contributed by atoms with Gasteiger partial charge in [-0.2, -0.15) is 0 Å². The number of aliphatic carboxylic acids is 1. The Morgan fingerprint density at radius 1 is 1.06 bits per heavy atom. The van der Waals surface area contributed by atoms with Crippen LogP contribution in [0.25, 0.3) is 10.8 Å². The molecule has 9 heteroatoms. The lowest BCUT2D eigenvalue weighted by Crippen LogP contribution is -2.45. The molecule has 0 saturated heterocycles. The molecule has 2 aromatic carbocycles. The van der Waals surface area contributed by atoms with Gasteiger partial charge in [0.2, 0.25) is 0 Å². The molecule has 4 aromatic rings. The normalized spacial score (nSPS) is 12.0. The molecule has 0 amide bonds. The molecular formula is C27H29N5O4. The minimum Gasteiger partial charge on any atom is -0.480 e. The molecule has 0 bridgehead atoms. The number of anilines is 4. The largest absolute Gasteiger partial charge is 0.480 e. The Bertz CT molecular complexity index is 1450. The summed E-state index contributed by atoms with van der Waals surface area (Å²) in [5.74, 6) is -0.394. The summed E-state index contributed by atoms with van der Waals surface area (Å²) in [4.78, 5) is 46.9. The number of benzene rings is 1. The highest BCUT2D eigenvalue weighted by molar-refractivity contribution is 5.93. The number of nitrogens with one attached hydrogen (secondary N) is 2. The number of fused-ring (bicyclic) bond motifs is 1. The van der Waals surface area contributed by atoms with Crippen LogP contribution in [0.15, 0.2) is 58.4 Å². The zero-order valence-corrected chi connectivity index (χ0v) is 20.5. The fourth-order valence-corrected chi connectivity index (χ4v) is 4.25. The molecule has 9 nitrogen and oxygen atoms in total. The summed E-state index contributed by atoms with van der Waals surface area (Å²) in [6, 6.07) is 10.3. The monoisotopic (exact) mass is 487 g/mol. The SMILES string of the molecule is CCc1cc2ccncc2c(Nc2ccc(C[C@H](Nc3c(N(CC)CC)c(=O)c3=O)C(=O)O)cc2)n1. The average molecular weight is 488 g/mol. The standard InChI is InChI=1S/C27H29N5O4/c1-4-18-14-17-11-12-28-15-20(17)26(29-18)30-19-9-7-16(8-10-19)13-21(27(35)36)31-22-23(25(34)24(22)33)32(5-2)6-3/h7-12,14-15,21,31H,4-6,13H2,1-3H3,(H,29,30)(H,35,36)/t21-/m0/s1. The Hall–Kier alpha value is -4.27. The van der Waals surface area contributed by atoms with E-state index in [1.165, 1.54) is 0 Å². The molecule has 0 aliphatic carbocycles. The zero-order valence-electron chi connectivity index (χ0n) is 20.5. The Balaban J connectivity index is 1.52. The van der Waals surface area contributed by atoms with Gasteiger partial charge in [-0.05, 0) is 55.5 Å². The molecule has 0 spiro atoms. The average Bonchev–Trinajstić information content (AvgIpc) is 2.90. The van der Waals surface area contributed by atoms with Crippen LogP contribution in [0.2, 0.25) is 0 Å². The summed E-state index contributed by atoms with van der Waals surface area (Å²) in [6.45, 7) is 6.89. The third-order valence-electron chi connectivity index (χ3n) is 6.29. The number of rotatable bonds is 11. The Morgan fingerprint density at radius 3 is 2.42 bits per heavy atom. The van der Waals surface area contributed by atoms with Gasteiger partial charge >= 0.3 is 5.97 Å². The van der Waals surface area contributed by atoms with Crippen molar-refractivity contribution in [2.24, 2.45) is 0 Å². The summed E-state index contributed by atoms with van der Waals surface area (Å²) >= 11 is 0. The second-order valence-corrected chi connectivity index (χ2v) is 8.53. The van der Waals surface area contributed by atoms with Crippen molar-refractivity contribution in [2.45, 2.75) is 39.7 Å². The first-order valence-electron chi connectivity index (χ1n) is 12.0. The van der Waals surface area contributed by atoms with E-state index in [1.807, 2.05) is 50.2 Å². The van der Waals surface area contributed by atoms with Crippen molar-refractivity contribution < 1.29 is 9.90 Å². The third-order valence-corrected chi connectivity index (χ3v) is 6.29. The van der Waals surface area contributed by atoms with Gasteiger partial charge < -0.3 is 20.6 Å². The highest BCUT2D eigenvalue weighted by atomic mass is 16.4. The number of hydrogen-bond donors (Lipinski definition) is 3. The molecule has 0 unspecified atom stereocenters. The van der Waals surface area contributed by atoms with Crippen molar-refractivity contribution in [1.82, 2.24) is 9.97 Å². The Labute approximate surface area is 208 Å². The fourth-order valence-electron chi connectivity index (χ4n) is 4.25. The molecule has 36 heavy (non-hydrogen) atoms. The molecule has 0 aliphatic heterocycles. The number of hydrogen-bond acceptors (Lipinski definition) is 8. The lowest BCUT2D eigenvalue weighted by molar-refractivity contribution is -0.137. The number of pyridine rings is 2. The summed E-state index contributed by atoms with van der Waals surface area (Å²) in [5, 5.41) is 17.9. The van der Waals surface area contributed by atoms with Crippen LogP contribution in [0.4, 0.5) is 22.9 Å². The number of carboxylic acid groups (broad SMARTS) is 1. The number of aryl methyl sites for hydroxylation is 1. The minimum atomic E-state index is -1.10. The summed E-state index contributed by atoms with van der Waals surface area (Å²) in [7, 11) is 0. The molecular weight excluding hydrogens is 458 g/mol. The molecule has 186 valence electrons. The van der Waals surface area contributed by atoms with Crippen LogP contribution in [0.1, 0.15) is 32.0 Å². The first kappa shape index (κ1) is 24.8. The van der Waals surface area contributed by atoms with E-state index in [0.29, 0.717) is 18.9 Å². The van der Waals surface area contributed by atoms with E-state index in [9.17, 15) is 19.5 Å². The molecule has 0 radical (unpaired) electrons. The van der Waals surface area contributed by atoms with Gasteiger partial charge in [-0.1, -0.05) is 19.1 Å². The highest BCUT2D eigenvalue weighted by Gasteiger charge is 2.29. The van der Waals surface area contributed by atoms with Crippen LogP contribution >= 0.6 is 0 Å². The number of nitrogens with zero attached hydrogens (tertiary/aromatic N) is 3.